The zero-order chi connectivity index (χ0) is 8.69. The molecule has 0 saturated heterocycles. The standard InChI is InChI=1S/C7H16N2O2/c1-4-5-11-6-7(10)8-9(2)3/h4-6H2,1-3H3,(H,8,10). The van der Waals surface area contributed by atoms with Gasteiger partial charge in [-0.15, -0.1) is 0 Å². The summed E-state index contributed by atoms with van der Waals surface area (Å²) in [4.78, 5) is 10.9. The summed E-state index contributed by atoms with van der Waals surface area (Å²) in [5, 5.41) is 1.59. The lowest BCUT2D eigenvalue weighted by atomic mass is 10.5. The van der Waals surface area contributed by atoms with Crippen LogP contribution < -0.4 is 5.43 Å². The van der Waals surface area contributed by atoms with Crippen molar-refractivity contribution in [2.75, 3.05) is 27.3 Å². The smallest absolute Gasteiger partial charge is 0.260 e. The third kappa shape index (κ3) is 7.29. The van der Waals surface area contributed by atoms with E-state index in [2.05, 4.69) is 5.43 Å². The summed E-state index contributed by atoms with van der Waals surface area (Å²) in [5.74, 6) is -0.108. The average Bonchev–Trinajstić information content (AvgIpc) is 1.86. The fourth-order valence-electron chi connectivity index (χ4n) is 0.591. The van der Waals surface area contributed by atoms with E-state index in [0.29, 0.717) is 6.61 Å². The van der Waals surface area contributed by atoms with Crippen molar-refractivity contribution in [3.8, 4) is 0 Å². The minimum absolute atomic E-state index is 0.108. The molecule has 1 amide bonds. The molecule has 0 saturated carbocycles. The molecule has 0 atom stereocenters. The fourth-order valence-corrected chi connectivity index (χ4v) is 0.591. The van der Waals surface area contributed by atoms with Crippen molar-refractivity contribution in [2.45, 2.75) is 13.3 Å². The molecule has 0 radical (unpaired) electrons. The maximum absolute atomic E-state index is 10.9. The predicted octanol–water partition coefficient (Wildman–Crippen LogP) is 0.00580. The van der Waals surface area contributed by atoms with Gasteiger partial charge in [-0.05, 0) is 6.42 Å². The van der Waals surface area contributed by atoms with E-state index in [-0.39, 0.29) is 12.5 Å². The number of amides is 1. The maximum atomic E-state index is 10.9. The Hall–Kier alpha value is -0.610. The van der Waals surface area contributed by atoms with E-state index in [1.807, 2.05) is 6.92 Å². The molecule has 4 nitrogen and oxygen atoms in total. The highest BCUT2D eigenvalue weighted by Gasteiger charge is 1.99. The van der Waals surface area contributed by atoms with Gasteiger partial charge in [0.05, 0.1) is 0 Å². The van der Waals surface area contributed by atoms with E-state index in [9.17, 15) is 4.79 Å². The number of ether oxygens (including phenoxy) is 1. The van der Waals surface area contributed by atoms with E-state index in [1.165, 1.54) is 0 Å². The summed E-state index contributed by atoms with van der Waals surface area (Å²) in [5.41, 5.74) is 2.57. The van der Waals surface area contributed by atoms with Crippen LogP contribution in [0.15, 0.2) is 0 Å². The van der Waals surface area contributed by atoms with Gasteiger partial charge in [0.1, 0.15) is 6.61 Å². The number of nitrogens with zero attached hydrogens (tertiary/aromatic N) is 1. The zero-order valence-electron chi connectivity index (χ0n) is 7.39. The number of nitrogens with one attached hydrogen (secondary N) is 1. The van der Waals surface area contributed by atoms with Crippen LogP contribution in [0.2, 0.25) is 0 Å². The van der Waals surface area contributed by atoms with Crippen molar-refractivity contribution >= 4 is 5.91 Å². The first kappa shape index (κ1) is 10.4. The monoisotopic (exact) mass is 160 g/mol. The van der Waals surface area contributed by atoms with Crippen LogP contribution in [0, 0.1) is 0 Å². The van der Waals surface area contributed by atoms with Gasteiger partial charge in [-0.1, -0.05) is 6.92 Å². The molecule has 0 aromatic heterocycles. The van der Waals surface area contributed by atoms with Crippen LogP contribution in [0.3, 0.4) is 0 Å². The highest BCUT2D eigenvalue weighted by Crippen LogP contribution is 1.79. The molecule has 1 N–H and O–H groups in total. The normalized spacial score (nSPS) is 10.2. The van der Waals surface area contributed by atoms with Gasteiger partial charge in [0, 0.05) is 20.7 Å². The molecule has 0 fully saturated rings. The van der Waals surface area contributed by atoms with Crippen LogP contribution in [-0.2, 0) is 9.53 Å². The van der Waals surface area contributed by atoms with E-state index >= 15 is 0 Å². The summed E-state index contributed by atoms with van der Waals surface area (Å²) in [6, 6.07) is 0. The molecule has 0 aliphatic carbocycles. The minimum atomic E-state index is -0.108. The minimum Gasteiger partial charge on any atom is -0.372 e. The van der Waals surface area contributed by atoms with Gasteiger partial charge in [0.2, 0.25) is 0 Å². The van der Waals surface area contributed by atoms with Gasteiger partial charge in [0.15, 0.2) is 0 Å². The summed E-state index contributed by atoms with van der Waals surface area (Å²) in [6.45, 7) is 2.79. The second kappa shape index (κ2) is 6.12. The SMILES string of the molecule is CCCOCC(=O)NN(C)C. The van der Waals surface area contributed by atoms with Gasteiger partial charge in [0.25, 0.3) is 5.91 Å². The van der Waals surface area contributed by atoms with Crippen molar-refractivity contribution in [1.29, 1.82) is 0 Å². The lowest BCUT2D eigenvalue weighted by Gasteiger charge is -2.11. The Morgan fingerprint density at radius 2 is 2.18 bits per heavy atom. The fraction of sp³-hybridized carbons (Fsp3) is 0.857. The predicted molar refractivity (Wildman–Crippen MR) is 42.9 cm³/mol. The zero-order valence-corrected chi connectivity index (χ0v) is 7.39. The second-order valence-corrected chi connectivity index (χ2v) is 2.48. The molecule has 0 rings (SSSR count). The van der Waals surface area contributed by atoms with Crippen LogP contribution in [-0.4, -0.2) is 38.2 Å². The topological polar surface area (TPSA) is 41.6 Å². The highest BCUT2D eigenvalue weighted by atomic mass is 16.5. The molecule has 0 heterocycles. The van der Waals surface area contributed by atoms with E-state index in [4.69, 9.17) is 4.74 Å². The maximum Gasteiger partial charge on any atom is 0.260 e. The molecule has 0 spiro atoms. The third-order valence-corrected chi connectivity index (χ3v) is 0.930. The first-order chi connectivity index (χ1) is 5.16. The Bertz CT molecular complexity index is 115. The van der Waals surface area contributed by atoms with Gasteiger partial charge in [-0.3, -0.25) is 10.2 Å². The third-order valence-electron chi connectivity index (χ3n) is 0.930. The molecule has 11 heavy (non-hydrogen) atoms. The Morgan fingerprint density at radius 3 is 2.64 bits per heavy atom. The van der Waals surface area contributed by atoms with E-state index in [0.717, 1.165) is 6.42 Å². The largest absolute Gasteiger partial charge is 0.372 e. The van der Waals surface area contributed by atoms with Crippen LogP contribution in [0.1, 0.15) is 13.3 Å². The summed E-state index contributed by atoms with van der Waals surface area (Å²) < 4.78 is 5.01. The van der Waals surface area contributed by atoms with Gasteiger partial charge < -0.3 is 4.74 Å². The number of rotatable bonds is 5. The average molecular weight is 160 g/mol. The quantitative estimate of drug-likeness (QED) is 0.455. The Labute approximate surface area is 67.5 Å². The first-order valence-electron chi connectivity index (χ1n) is 3.71. The molecule has 0 aliphatic heterocycles. The van der Waals surface area contributed by atoms with Crippen LogP contribution in [0.4, 0.5) is 0 Å². The summed E-state index contributed by atoms with van der Waals surface area (Å²) >= 11 is 0. The second-order valence-electron chi connectivity index (χ2n) is 2.48. The Morgan fingerprint density at radius 1 is 1.55 bits per heavy atom. The Kier molecular flexibility index (Phi) is 5.78. The van der Waals surface area contributed by atoms with Crippen molar-refractivity contribution in [2.24, 2.45) is 0 Å². The molecule has 0 aromatic rings. The lowest BCUT2D eigenvalue weighted by molar-refractivity contribution is -0.129. The molecule has 0 aliphatic rings. The lowest BCUT2D eigenvalue weighted by Crippen LogP contribution is -2.38. The number of hydrogen-bond donors (Lipinski definition) is 1. The van der Waals surface area contributed by atoms with Gasteiger partial charge in [-0.25, -0.2) is 5.01 Å². The molecule has 0 unspecified atom stereocenters. The number of carbonyl (C=O) groups is 1. The van der Waals surface area contributed by atoms with Gasteiger partial charge in [-0.2, -0.15) is 0 Å². The number of hydrazine groups is 1. The summed E-state index contributed by atoms with van der Waals surface area (Å²) in [6.07, 6.45) is 0.940. The Balaban J connectivity index is 3.23. The molecular formula is C7H16N2O2. The highest BCUT2D eigenvalue weighted by molar-refractivity contribution is 5.76. The molecule has 0 bridgehead atoms. The van der Waals surface area contributed by atoms with Crippen molar-refractivity contribution in [3.63, 3.8) is 0 Å². The van der Waals surface area contributed by atoms with E-state index in [1.54, 1.807) is 19.1 Å². The molecule has 4 heteroatoms. The number of carbonyl (C=O) groups excluding carboxylic acids is 1. The number of hydrogen-bond acceptors (Lipinski definition) is 3. The van der Waals surface area contributed by atoms with Crippen LogP contribution >= 0.6 is 0 Å². The molecular weight excluding hydrogens is 144 g/mol. The molecule has 66 valence electrons. The molecule has 0 aromatic carbocycles. The van der Waals surface area contributed by atoms with Crippen molar-refractivity contribution < 1.29 is 9.53 Å². The van der Waals surface area contributed by atoms with E-state index < -0.39 is 0 Å². The summed E-state index contributed by atoms with van der Waals surface area (Å²) in [7, 11) is 3.52. The van der Waals surface area contributed by atoms with Crippen LogP contribution in [0.25, 0.3) is 0 Å². The first-order valence-corrected chi connectivity index (χ1v) is 3.71. The van der Waals surface area contributed by atoms with Gasteiger partial charge >= 0.3 is 0 Å². The van der Waals surface area contributed by atoms with Crippen molar-refractivity contribution in [3.05, 3.63) is 0 Å². The van der Waals surface area contributed by atoms with Crippen LogP contribution in [0.5, 0.6) is 0 Å². The van der Waals surface area contributed by atoms with Crippen molar-refractivity contribution in [1.82, 2.24) is 10.4 Å².